The zero-order valence-corrected chi connectivity index (χ0v) is 16.4. The largest absolute Gasteiger partial charge is 0.402 e. The Labute approximate surface area is 159 Å². The maximum Gasteiger partial charge on any atom is 0.00136 e. The lowest BCUT2D eigenvalue weighted by molar-refractivity contribution is 0.590. The zero-order valence-electron chi connectivity index (χ0n) is 16.4. The Morgan fingerprint density at radius 3 is 2.35 bits per heavy atom. The standard InChI is InChI=1S/C12H19N.C11H10.C2H4/c1-3-11(9-10(2)13)12-7-5-4-6-8-12;1-9-6-7-10-4-2-3-5-11(10)8-9;1-2/h5,7-8,11H,2-4,6,9,13H2,1H3;2-8H,1H3;1-2H2. The van der Waals surface area contributed by atoms with E-state index < -0.39 is 0 Å². The van der Waals surface area contributed by atoms with Gasteiger partial charge in [-0.1, -0.05) is 79.8 Å². The molecule has 0 spiro atoms. The molecule has 2 aromatic rings. The molecule has 1 unspecified atom stereocenters. The van der Waals surface area contributed by atoms with Gasteiger partial charge < -0.3 is 5.73 Å². The van der Waals surface area contributed by atoms with Gasteiger partial charge in [0.15, 0.2) is 0 Å². The van der Waals surface area contributed by atoms with Crippen LogP contribution >= 0.6 is 0 Å². The first-order valence-electron chi connectivity index (χ1n) is 9.35. The predicted molar refractivity (Wildman–Crippen MR) is 118 cm³/mol. The molecule has 2 N–H and O–H groups in total. The first kappa shape index (κ1) is 21.5. The normalized spacial score (nSPS) is 13.5. The van der Waals surface area contributed by atoms with Crippen molar-refractivity contribution in [3.8, 4) is 0 Å². The second-order valence-electron chi connectivity index (χ2n) is 6.50. The molecule has 138 valence electrons. The molecule has 1 atom stereocenters. The van der Waals surface area contributed by atoms with Crippen molar-refractivity contribution in [3.63, 3.8) is 0 Å². The van der Waals surface area contributed by atoms with Crippen LogP contribution in [0.1, 0.15) is 38.2 Å². The maximum atomic E-state index is 5.63. The average Bonchev–Trinajstić information content (AvgIpc) is 2.68. The van der Waals surface area contributed by atoms with Crippen molar-refractivity contribution < 1.29 is 0 Å². The number of nitrogens with two attached hydrogens (primary N) is 1. The van der Waals surface area contributed by atoms with Gasteiger partial charge in [0.25, 0.3) is 0 Å². The van der Waals surface area contributed by atoms with E-state index in [4.69, 9.17) is 5.73 Å². The Morgan fingerprint density at radius 2 is 1.77 bits per heavy atom. The number of rotatable bonds is 4. The number of hydrogen-bond donors (Lipinski definition) is 1. The van der Waals surface area contributed by atoms with Gasteiger partial charge >= 0.3 is 0 Å². The van der Waals surface area contributed by atoms with E-state index in [0.717, 1.165) is 18.5 Å². The predicted octanol–water partition coefficient (Wildman–Crippen LogP) is 7.10. The molecule has 0 aromatic heterocycles. The van der Waals surface area contributed by atoms with Crippen LogP contribution in [0.5, 0.6) is 0 Å². The first-order valence-corrected chi connectivity index (χ1v) is 9.35. The van der Waals surface area contributed by atoms with E-state index >= 15 is 0 Å². The van der Waals surface area contributed by atoms with E-state index in [1.165, 1.54) is 34.8 Å². The molecule has 0 heterocycles. The Kier molecular flexibility index (Phi) is 9.86. The van der Waals surface area contributed by atoms with E-state index in [2.05, 4.69) is 94.3 Å². The SMILES string of the molecule is C=C.C=C(N)CC(CC)C1=CCCC=C1.Cc1ccc2ccccc2c1. The van der Waals surface area contributed by atoms with Crippen molar-refractivity contribution in [2.75, 3.05) is 0 Å². The molecule has 0 bridgehead atoms. The highest BCUT2D eigenvalue weighted by atomic mass is 14.6. The fourth-order valence-electron chi connectivity index (χ4n) is 3.06. The van der Waals surface area contributed by atoms with Gasteiger partial charge in [-0.25, -0.2) is 0 Å². The van der Waals surface area contributed by atoms with Gasteiger partial charge in [-0.3, -0.25) is 0 Å². The monoisotopic (exact) mass is 347 g/mol. The highest BCUT2D eigenvalue weighted by Gasteiger charge is 2.11. The van der Waals surface area contributed by atoms with E-state index in [1.807, 2.05) is 0 Å². The van der Waals surface area contributed by atoms with E-state index in [1.54, 1.807) is 0 Å². The molecule has 1 nitrogen and oxygen atoms in total. The maximum absolute atomic E-state index is 5.63. The van der Waals surface area contributed by atoms with Crippen LogP contribution in [-0.4, -0.2) is 0 Å². The Morgan fingerprint density at radius 1 is 1.08 bits per heavy atom. The third kappa shape index (κ3) is 7.14. The van der Waals surface area contributed by atoms with Crippen molar-refractivity contribution >= 4 is 10.8 Å². The molecule has 1 aliphatic carbocycles. The average molecular weight is 348 g/mol. The Balaban J connectivity index is 0.000000239. The van der Waals surface area contributed by atoms with Gasteiger partial charge in [0.1, 0.15) is 0 Å². The molecule has 2 aromatic carbocycles. The Bertz CT molecular complexity index is 752. The molecule has 0 fully saturated rings. The lowest BCUT2D eigenvalue weighted by atomic mass is 9.89. The van der Waals surface area contributed by atoms with Crippen LogP contribution in [0.4, 0.5) is 0 Å². The lowest BCUT2D eigenvalue weighted by Crippen LogP contribution is -2.08. The van der Waals surface area contributed by atoms with Crippen LogP contribution in [0, 0.1) is 12.8 Å². The van der Waals surface area contributed by atoms with Crippen molar-refractivity contribution in [1.29, 1.82) is 0 Å². The van der Waals surface area contributed by atoms with Crippen LogP contribution in [0.3, 0.4) is 0 Å². The second-order valence-corrected chi connectivity index (χ2v) is 6.50. The molecule has 0 saturated heterocycles. The van der Waals surface area contributed by atoms with Gasteiger partial charge in [-0.2, -0.15) is 0 Å². The summed E-state index contributed by atoms with van der Waals surface area (Å²) in [7, 11) is 0. The highest BCUT2D eigenvalue weighted by molar-refractivity contribution is 5.82. The topological polar surface area (TPSA) is 26.0 Å². The summed E-state index contributed by atoms with van der Waals surface area (Å²) < 4.78 is 0. The quantitative estimate of drug-likeness (QED) is 0.586. The minimum Gasteiger partial charge on any atom is -0.402 e. The summed E-state index contributed by atoms with van der Waals surface area (Å²) in [5.74, 6) is 0.578. The van der Waals surface area contributed by atoms with Crippen LogP contribution in [0.15, 0.2) is 91.7 Å². The second kappa shape index (κ2) is 11.9. The smallest absolute Gasteiger partial charge is 0.00136 e. The molecule has 0 saturated carbocycles. The highest BCUT2D eigenvalue weighted by Crippen LogP contribution is 2.25. The van der Waals surface area contributed by atoms with E-state index in [9.17, 15) is 0 Å². The molecule has 26 heavy (non-hydrogen) atoms. The minimum absolute atomic E-state index is 0.578. The fourth-order valence-corrected chi connectivity index (χ4v) is 3.06. The molecule has 3 rings (SSSR count). The van der Waals surface area contributed by atoms with Gasteiger partial charge in [0.2, 0.25) is 0 Å². The van der Waals surface area contributed by atoms with Crippen LogP contribution in [0.25, 0.3) is 10.8 Å². The molecule has 1 aliphatic rings. The molecule has 1 heteroatoms. The summed E-state index contributed by atoms with van der Waals surface area (Å²) in [5, 5.41) is 2.64. The molecule has 0 aliphatic heterocycles. The lowest BCUT2D eigenvalue weighted by Gasteiger charge is -2.18. The summed E-state index contributed by atoms with van der Waals surface area (Å²) in [6.45, 7) is 14.1. The van der Waals surface area contributed by atoms with Crippen LogP contribution in [-0.2, 0) is 0 Å². The third-order valence-corrected chi connectivity index (χ3v) is 4.40. The van der Waals surface area contributed by atoms with Crippen molar-refractivity contribution in [1.82, 2.24) is 0 Å². The van der Waals surface area contributed by atoms with Gasteiger partial charge in [-0.15, -0.1) is 13.2 Å². The van der Waals surface area contributed by atoms with Gasteiger partial charge in [-0.05, 0) is 54.9 Å². The fraction of sp³-hybridized carbons (Fsp3) is 0.280. The number of benzene rings is 2. The van der Waals surface area contributed by atoms with Crippen LogP contribution in [0.2, 0.25) is 0 Å². The summed E-state index contributed by atoms with van der Waals surface area (Å²) in [6, 6.07) is 14.9. The summed E-state index contributed by atoms with van der Waals surface area (Å²) in [4.78, 5) is 0. The molecule has 0 amide bonds. The van der Waals surface area contributed by atoms with E-state index in [-0.39, 0.29) is 0 Å². The number of allylic oxidation sites excluding steroid dienone is 5. The number of aryl methyl sites for hydroxylation is 1. The van der Waals surface area contributed by atoms with Gasteiger partial charge in [0.05, 0.1) is 0 Å². The van der Waals surface area contributed by atoms with Crippen molar-refractivity contribution in [2.45, 2.75) is 39.5 Å². The molecular formula is C25H33N. The van der Waals surface area contributed by atoms with E-state index in [0.29, 0.717) is 5.92 Å². The zero-order chi connectivity index (χ0) is 19.4. The summed E-state index contributed by atoms with van der Waals surface area (Å²) in [6.07, 6.45) is 11.2. The third-order valence-electron chi connectivity index (χ3n) is 4.40. The molecular weight excluding hydrogens is 314 g/mol. The van der Waals surface area contributed by atoms with Crippen LogP contribution < -0.4 is 5.73 Å². The number of hydrogen-bond acceptors (Lipinski definition) is 1. The summed E-state index contributed by atoms with van der Waals surface area (Å²) in [5.41, 5.74) is 9.20. The number of fused-ring (bicyclic) bond motifs is 1. The Hall–Kier alpha value is -2.54. The first-order chi connectivity index (χ1) is 12.6. The molecule has 0 radical (unpaired) electrons. The minimum atomic E-state index is 0.578. The summed E-state index contributed by atoms with van der Waals surface area (Å²) >= 11 is 0. The van der Waals surface area contributed by atoms with Crippen molar-refractivity contribution in [3.05, 3.63) is 97.3 Å². The van der Waals surface area contributed by atoms with Gasteiger partial charge in [0, 0.05) is 5.70 Å². The van der Waals surface area contributed by atoms with Crippen molar-refractivity contribution in [2.24, 2.45) is 11.7 Å².